The van der Waals surface area contributed by atoms with E-state index in [0.29, 0.717) is 15.9 Å². The lowest BCUT2D eigenvalue weighted by Gasteiger charge is -2.24. The summed E-state index contributed by atoms with van der Waals surface area (Å²) in [6.45, 7) is 1.41. The molecule has 1 unspecified atom stereocenters. The van der Waals surface area contributed by atoms with Crippen molar-refractivity contribution in [3.05, 3.63) is 64.7 Å². The summed E-state index contributed by atoms with van der Waals surface area (Å²) in [5.74, 6) is -1.97. The number of nitrogens with one attached hydrogen (secondary N) is 2. The molecule has 8 nitrogen and oxygen atoms in total. The molecule has 0 saturated carbocycles. The van der Waals surface area contributed by atoms with Gasteiger partial charge in [-0.05, 0) is 43.3 Å². The van der Waals surface area contributed by atoms with E-state index < -0.39 is 29.8 Å². The van der Waals surface area contributed by atoms with Gasteiger partial charge in [-0.15, -0.1) is 0 Å². The first kappa shape index (κ1) is 21.5. The maximum atomic E-state index is 12.3. The molecule has 0 aromatic heterocycles. The maximum Gasteiger partial charge on any atom is 0.297 e. The molecule has 0 aliphatic rings. The van der Waals surface area contributed by atoms with Gasteiger partial charge in [0.1, 0.15) is 5.75 Å². The van der Waals surface area contributed by atoms with Gasteiger partial charge in [-0.25, -0.2) is 10.9 Å². The van der Waals surface area contributed by atoms with Crippen LogP contribution >= 0.6 is 23.2 Å². The predicted molar refractivity (Wildman–Crippen MR) is 104 cm³/mol. The minimum atomic E-state index is -1.48. The van der Waals surface area contributed by atoms with Crippen LogP contribution in [0.5, 0.6) is 5.75 Å². The zero-order valence-electron chi connectivity index (χ0n) is 14.8. The minimum Gasteiger partial charge on any atom is -0.465 e. The Balaban J connectivity index is 2.02. The largest absolute Gasteiger partial charge is 0.465 e. The van der Waals surface area contributed by atoms with E-state index >= 15 is 0 Å². The fraction of sp³-hybridized carbons (Fsp3) is 0.167. The normalized spacial score (nSPS) is 11.3. The highest BCUT2D eigenvalue weighted by Crippen LogP contribution is 2.17. The van der Waals surface area contributed by atoms with Crippen LogP contribution in [0.3, 0.4) is 0 Å². The van der Waals surface area contributed by atoms with E-state index in [-0.39, 0.29) is 5.56 Å². The summed E-state index contributed by atoms with van der Waals surface area (Å²) in [5, 5.41) is 1.06. The Kier molecular flexibility index (Phi) is 7.62. The number of hydrogen-bond donors (Lipinski definition) is 3. The molecule has 4 N–H and O–H groups in total. The van der Waals surface area contributed by atoms with E-state index in [1.165, 1.54) is 12.1 Å². The molecule has 28 heavy (non-hydrogen) atoms. The topological polar surface area (TPSA) is 114 Å². The van der Waals surface area contributed by atoms with Crippen molar-refractivity contribution < 1.29 is 19.1 Å². The summed E-state index contributed by atoms with van der Waals surface area (Å²) in [6.07, 6.45) is 0. The highest BCUT2D eigenvalue weighted by Gasteiger charge is 2.24. The van der Waals surface area contributed by atoms with Crippen molar-refractivity contribution in [1.82, 2.24) is 16.0 Å². The summed E-state index contributed by atoms with van der Waals surface area (Å²) in [4.78, 5) is 36.5. The number of benzene rings is 2. The summed E-state index contributed by atoms with van der Waals surface area (Å²) < 4.78 is 5.26. The Morgan fingerprint density at radius 3 is 2.25 bits per heavy atom. The van der Waals surface area contributed by atoms with Crippen LogP contribution in [0.4, 0.5) is 0 Å². The third-order valence-electron chi connectivity index (χ3n) is 3.43. The van der Waals surface area contributed by atoms with E-state index in [1.807, 2.05) is 6.92 Å². The fourth-order valence-electron chi connectivity index (χ4n) is 1.96. The molecule has 1 atom stereocenters. The van der Waals surface area contributed by atoms with E-state index in [9.17, 15) is 14.4 Å². The third kappa shape index (κ3) is 6.12. The Labute approximate surface area is 171 Å². The molecule has 10 heteroatoms. The molecule has 2 rings (SSSR count). The maximum absolute atomic E-state index is 12.3. The molecule has 0 saturated heterocycles. The molecule has 2 aromatic carbocycles. The minimum absolute atomic E-state index is 0.287. The molecule has 0 bridgehead atoms. The second kappa shape index (κ2) is 9.93. The summed E-state index contributed by atoms with van der Waals surface area (Å²) in [5.41, 5.74) is 9.52. The lowest BCUT2D eigenvalue weighted by Crippen LogP contribution is -2.59. The second-order valence-corrected chi connectivity index (χ2v) is 6.44. The van der Waals surface area contributed by atoms with Gasteiger partial charge in [-0.3, -0.25) is 14.4 Å². The van der Waals surface area contributed by atoms with Crippen LogP contribution in [-0.2, 0) is 9.59 Å². The van der Waals surface area contributed by atoms with Crippen molar-refractivity contribution in [2.24, 2.45) is 5.73 Å². The Morgan fingerprint density at radius 1 is 1.07 bits per heavy atom. The third-order valence-corrected chi connectivity index (χ3v) is 3.97. The average Bonchev–Trinajstić information content (AvgIpc) is 2.68. The Morgan fingerprint density at radius 2 is 1.68 bits per heavy atom. The zero-order chi connectivity index (χ0) is 20.7. The van der Waals surface area contributed by atoms with Crippen LogP contribution in [0, 0.1) is 6.92 Å². The molecule has 2 aromatic rings. The lowest BCUT2D eigenvalue weighted by atomic mass is 10.1. The zero-order valence-corrected chi connectivity index (χ0v) is 16.3. The number of aryl methyl sites for hydroxylation is 1. The molecule has 0 radical (unpaired) electrons. The molecule has 0 fully saturated rings. The molecule has 0 spiro atoms. The number of nitrogens with zero attached hydrogens (tertiary/aromatic N) is 1. The number of hydrogen-bond acceptors (Lipinski definition) is 5. The van der Waals surface area contributed by atoms with Gasteiger partial charge in [0.2, 0.25) is 0 Å². The highest BCUT2D eigenvalue weighted by atomic mass is 35.5. The van der Waals surface area contributed by atoms with Gasteiger partial charge in [0, 0.05) is 10.6 Å². The number of alkyl halides is 1. The van der Waals surface area contributed by atoms with Crippen LogP contribution < -0.4 is 21.3 Å². The van der Waals surface area contributed by atoms with Crippen molar-refractivity contribution in [1.29, 1.82) is 0 Å². The summed E-state index contributed by atoms with van der Waals surface area (Å²) in [7, 11) is 0. The number of carbonyl (C=O) groups excluding carboxylic acids is 3. The van der Waals surface area contributed by atoms with Crippen LogP contribution in [0.1, 0.15) is 15.9 Å². The predicted octanol–water partition coefficient (Wildman–Crippen LogP) is 1.76. The fourth-order valence-corrected chi connectivity index (χ4v) is 2.24. The van der Waals surface area contributed by atoms with Gasteiger partial charge in [0.25, 0.3) is 23.3 Å². The highest BCUT2D eigenvalue weighted by molar-refractivity contribution is 6.30. The van der Waals surface area contributed by atoms with Gasteiger partial charge in [-0.1, -0.05) is 40.9 Å². The average molecular weight is 425 g/mol. The van der Waals surface area contributed by atoms with Crippen LogP contribution in [-0.4, -0.2) is 34.9 Å². The smallest absolute Gasteiger partial charge is 0.297 e. The van der Waals surface area contributed by atoms with E-state index in [2.05, 4.69) is 10.9 Å². The molecular formula is C18H18Cl2N4O4. The molecule has 148 valence electrons. The van der Waals surface area contributed by atoms with Gasteiger partial charge in [-0.2, -0.15) is 5.12 Å². The number of hydrazine groups is 2. The van der Waals surface area contributed by atoms with Gasteiger partial charge in [0.15, 0.2) is 0 Å². The van der Waals surface area contributed by atoms with Crippen LogP contribution in [0.25, 0.3) is 0 Å². The monoisotopic (exact) mass is 424 g/mol. The Bertz CT molecular complexity index is 844. The summed E-state index contributed by atoms with van der Waals surface area (Å²) >= 11 is 11.7. The van der Waals surface area contributed by atoms with Crippen LogP contribution in [0.2, 0.25) is 5.02 Å². The molecule has 0 heterocycles. The van der Waals surface area contributed by atoms with Crippen molar-refractivity contribution in [2.75, 3.05) is 6.54 Å². The van der Waals surface area contributed by atoms with E-state index in [4.69, 9.17) is 33.7 Å². The number of halogens is 2. The second-order valence-electron chi connectivity index (χ2n) is 5.60. The first-order valence-electron chi connectivity index (χ1n) is 8.07. The first-order valence-corrected chi connectivity index (χ1v) is 8.89. The van der Waals surface area contributed by atoms with Crippen molar-refractivity contribution >= 4 is 40.9 Å². The quantitative estimate of drug-likeness (QED) is 0.499. The van der Waals surface area contributed by atoms with Crippen molar-refractivity contribution in [3.63, 3.8) is 0 Å². The number of rotatable bonds is 5. The molecule has 0 aliphatic carbocycles. The number of nitrogens with two attached hydrogens (primary N) is 1. The van der Waals surface area contributed by atoms with Crippen LogP contribution in [0.15, 0.2) is 48.5 Å². The first-order chi connectivity index (χ1) is 13.3. The standard InChI is InChI=1S/C18H18Cl2N4O4/c1-11-2-4-12(5-3-11)17(26)22-24(15(25)10-21)23-18(27)16(20)28-14-8-6-13(19)7-9-14/h2-9,16H,10,21H2,1H3,(H,22,26)(H,23,27). The number of carbonyl (C=O) groups is 3. The SMILES string of the molecule is Cc1ccc(C(=O)NN(NC(=O)C(Cl)Oc2ccc(Cl)cc2)C(=O)CN)cc1. The van der Waals surface area contributed by atoms with Gasteiger partial charge in [0.05, 0.1) is 6.54 Å². The number of amides is 3. The number of ether oxygens (including phenoxy) is 1. The molecular weight excluding hydrogens is 407 g/mol. The van der Waals surface area contributed by atoms with Gasteiger partial charge < -0.3 is 10.5 Å². The van der Waals surface area contributed by atoms with E-state index in [0.717, 1.165) is 5.56 Å². The van der Waals surface area contributed by atoms with Gasteiger partial charge >= 0.3 is 0 Å². The lowest BCUT2D eigenvalue weighted by molar-refractivity contribution is -0.144. The van der Waals surface area contributed by atoms with E-state index in [1.54, 1.807) is 36.4 Å². The summed E-state index contributed by atoms with van der Waals surface area (Å²) in [6, 6.07) is 12.8. The Hall–Kier alpha value is -2.81. The molecule has 3 amide bonds. The van der Waals surface area contributed by atoms with Crippen molar-refractivity contribution in [3.8, 4) is 5.75 Å². The molecule has 0 aliphatic heterocycles. The van der Waals surface area contributed by atoms with Crippen molar-refractivity contribution in [2.45, 2.75) is 12.5 Å².